The van der Waals surface area contributed by atoms with Crippen LogP contribution < -0.4 is 5.73 Å². The van der Waals surface area contributed by atoms with E-state index in [1.165, 1.54) is 0 Å². The maximum Gasteiger partial charge on any atom is 0.255 e. The van der Waals surface area contributed by atoms with Crippen molar-refractivity contribution in [1.29, 1.82) is 0 Å². The highest BCUT2D eigenvalue weighted by Gasteiger charge is 2.29. The molecule has 2 rings (SSSR count). The Hall–Kier alpha value is -0.970. The van der Waals surface area contributed by atoms with Gasteiger partial charge in [0.2, 0.25) is 0 Å². The molecule has 1 aliphatic rings. The van der Waals surface area contributed by atoms with Gasteiger partial charge in [-0.3, -0.25) is 4.79 Å². The number of benzene rings is 1. The normalized spacial score (nSPS) is 22.2. The van der Waals surface area contributed by atoms with Gasteiger partial charge in [0.15, 0.2) is 0 Å². The number of hydrogen-bond acceptors (Lipinski definition) is 3. The number of methoxy groups -OCH3 is 1. The van der Waals surface area contributed by atoms with Gasteiger partial charge in [0.25, 0.3) is 5.91 Å². The highest BCUT2D eigenvalue weighted by atomic mass is 35.5. The second kappa shape index (κ2) is 7.16. The van der Waals surface area contributed by atoms with E-state index in [4.69, 9.17) is 22.1 Å². The predicted octanol–water partition coefficient (Wildman–Crippen LogP) is 2.84. The average Bonchev–Trinajstić information content (AvgIpc) is 2.38. The van der Waals surface area contributed by atoms with E-state index >= 15 is 0 Å². The van der Waals surface area contributed by atoms with Gasteiger partial charge in [-0.05, 0) is 30.5 Å². The highest BCUT2D eigenvalue weighted by Crippen LogP contribution is 2.25. The van der Waals surface area contributed by atoms with E-state index in [1.807, 2.05) is 0 Å². The summed E-state index contributed by atoms with van der Waals surface area (Å²) in [4.78, 5) is 14.2. The minimum atomic E-state index is -0.0565. The minimum Gasteiger partial charge on any atom is -0.399 e. The lowest BCUT2D eigenvalue weighted by Crippen LogP contribution is -2.46. The molecule has 1 aromatic rings. The molecule has 1 amide bonds. The van der Waals surface area contributed by atoms with Crippen LogP contribution in [0.4, 0.5) is 5.69 Å². The molecule has 0 spiro atoms. The zero-order chi connectivity index (χ0) is 14.0. The number of amides is 1. The summed E-state index contributed by atoms with van der Waals surface area (Å²) in [5.74, 6) is 0.412. The third-order valence-electron chi connectivity index (χ3n) is 3.70. The number of piperidine rings is 1. The lowest BCUT2D eigenvalue weighted by Gasteiger charge is -2.36. The van der Waals surface area contributed by atoms with E-state index in [2.05, 4.69) is 6.92 Å². The summed E-state index contributed by atoms with van der Waals surface area (Å²) in [5, 5.41) is 0.401. The largest absolute Gasteiger partial charge is 0.399 e. The summed E-state index contributed by atoms with van der Waals surface area (Å²) < 4.78 is 5.42. The maximum absolute atomic E-state index is 12.4. The van der Waals surface area contributed by atoms with Crippen molar-refractivity contribution in [3.8, 4) is 0 Å². The molecule has 0 bridgehead atoms. The van der Waals surface area contributed by atoms with E-state index in [-0.39, 0.29) is 24.4 Å². The number of hydrogen-bond donors (Lipinski definition) is 1. The van der Waals surface area contributed by atoms with Crippen molar-refractivity contribution in [1.82, 2.24) is 4.90 Å². The fraction of sp³-hybridized carbons (Fsp3) is 0.500. The predicted molar refractivity (Wildman–Crippen MR) is 83.6 cm³/mol. The Balaban J connectivity index is 0.00000200. The molecule has 2 atom stereocenters. The molecular formula is C14H20Cl2N2O2. The summed E-state index contributed by atoms with van der Waals surface area (Å²) in [7, 11) is 1.69. The van der Waals surface area contributed by atoms with Crippen LogP contribution in [0.5, 0.6) is 0 Å². The molecular weight excluding hydrogens is 299 g/mol. The van der Waals surface area contributed by atoms with Crippen LogP contribution in [0.25, 0.3) is 0 Å². The summed E-state index contributed by atoms with van der Waals surface area (Å²) in [5.41, 5.74) is 6.70. The zero-order valence-electron chi connectivity index (χ0n) is 11.6. The van der Waals surface area contributed by atoms with Crippen molar-refractivity contribution >= 4 is 35.6 Å². The Bertz CT molecular complexity index is 482. The Morgan fingerprint density at radius 2 is 2.20 bits per heavy atom. The smallest absolute Gasteiger partial charge is 0.255 e. The van der Waals surface area contributed by atoms with Crippen molar-refractivity contribution in [2.45, 2.75) is 19.4 Å². The van der Waals surface area contributed by atoms with E-state index in [0.29, 0.717) is 28.7 Å². The first-order valence-corrected chi connectivity index (χ1v) is 6.77. The third-order valence-corrected chi connectivity index (χ3v) is 4.02. The molecule has 1 heterocycles. The van der Waals surface area contributed by atoms with Crippen molar-refractivity contribution in [2.75, 3.05) is 25.9 Å². The minimum absolute atomic E-state index is 0. The second-order valence-corrected chi connectivity index (χ2v) is 5.44. The molecule has 4 nitrogen and oxygen atoms in total. The Labute approximate surface area is 130 Å². The molecule has 0 aromatic heterocycles. The molecule has 1 fully saturated rings. The summed E-state index contributed by atoms with van der Waals surface area (Å²) >= 11 is 6.08. The molecule has 1 aliphatic heterocycles. The van der Waals surface area contributed by atoms with Gasteiger partial charge in [0.05, 0.1) is 16.7 Å². The molecule has 2 N–H and O–H groups in total. The number of carbonyl (C=O) groups is 1. The number of nitrogens with zero attached hydrogens (tertiary/aromatic N) is 1. The van der Waals surface area contributed by atoms with E-state index in [1.54, 1.807) is 30.2 Å². The monoisotopic (exact) mass is 318 g/mol. The standard InChI is InChI=1S/C14H19ClN2O2.ClH/c1-9-5-6-17(8-13(9)19-2)14(18)11-4-3-10(16)7-12(11)15;/h3-4,7,9,13H,5-6,8,16H2,1-2H3;1H. The van der Waals surface area contributed by atoms with Crippen LogP contribution in [0, 0.1) is 5.92 Å². The van der Waals surface area contributed by atoms with Gasteiger partial charge in [-0.15, -0.1) is 12.4 Å². The maximum atomic E-state index is 12.4. The van der Waals surface area contributed by atoms with E-state index < -0.39 is 0 Å². The number of halogens is 2. The van der Waals surface area contributed by atoms with Crippen LogP contribution in [-0.2, 0) is 4.74 Å². The molecule has 0 radical (unpaired) electrons. The lowest BCUT2D eigenvalue weighted by atomic mass is 9.95. The van der Waals surface area contributed by atoms with E-state index in [0.717, 1.165) is 13.0 Å². The SMILES string of the molecule is COC1CN(C(=O)c2ccc(N)cc2Cl)CCC1C.Cl. The fourth-order valence-electron chi connectivity index (χ4n) is 2.40. The summed E-state index contributed by atoms with van der Waals surface area (Å²) in [6.07, 6.45) is 1.03. The Morgan fingerprint density at radius 1 is 1.50 bits per heavy atom. The molecule has 20 heavy (non-hydrogen) atoms. The van der Waals surface area contributed by atoms with Gasteiger partial charge in [-0.1, -0.05) is 18.5 Å². The van der Waals surface area contributed by atoms with Crippen molar-refractivity contribution in [2.24, 2.45) is 5.92 Å². The first-order valence-electron chi connectivity index (χ1n) is 6.40. The number of carbonyl (C=O) groups excluding carboxylic acids is 1. The number of ether oxygens (including phenoxy) is 1. The molecule has 0 saturated carbocycles. The van der Waals surface area contributed by atoms with Crippen molar-refractivity contribution in [3.63, 3.8) is 0 Å². The number of rotatable bonds is 2. The van der Waals surface area contributed by atoms with Crippen molar-refractivity contribution in [3.05, 3.63) is 28.8 Å². The second-order valence-electron chi connectivity index (χ2n) is 5.03. The third kappa shape index (κ3) is 3.57. The Kier molecular flexibility index (Phi) is 6.11. The van der Waals surface area contributed by atoms with Crippen LogP contribution in [0.1, 0.15) is 23.7 Å². The quantitative estimate of drug-likeness (QED) is 0.853. The van der Waals surface area contributed by atoms with Gasteiger partial charge in [0, 0.05) is 25.9 Å². The van der Waals surface area contributed by atoms with Gasteiger partial charge in [-0.25, -0.2) is 0 Å². The van der Waals surface area contributed by atoms with E-state index in [9.17, 15) is 4.79 Å². The van der Waals surface area contributed by atoms with Gasteiger partial charge >= 0.3 is 0 Å². The fourth-order valence-corrected chi connectivity index (χ4v) is 2.67. The van der Waals surface area contributed by atoms with Crippen LogP contribution in [-0.4, -0.2) is 37.1 Å². The van der Waals surface area contributed by atoms with Crippen LogP contribution in [0.2, 0.25) is 5.02 Å². The first-order chi connectivity index (χ1) is 9.02. The van der Waals surface area contributed by atoms with Gasteiger partial charge < -0.3 is 15.4 Å². The summed E-state index contributed by atoms with van der Waals surface area (Å²) in [6.45, 7) is 3.49. The molecule has 0 aliphatic carbocycles. The number of anilines is 1. The van der Waals surface area contributed by atoms with Gasteiger partial charge in [0.1, 0.15) is 0 Å². The van der Waals surface area contributed by atoms with Crippen molar-refractivity contribution < 1.29 is 9.53 Å². The zero-order valence-corrected chi connectivity index (χ0v) is 13.2. The number of nitrogens with two attached hydrogens (primary N) is 1. The highest BCUT2D eigenvalue weighted by molar-refractivity contribution is 6.34. The molecule has 6 heteroatoms. The number of likely N-dealkylation sites (tertiary alicyclic amines) is 1. The molecule has 1 saturated heterocycles. The Morgan fingerprint density at radius 3 is 2.80 bits per heavy atom. The van der Waals surface area contributed by atoms with Crippen LogP contribution in [0.3, 0.4) is 0 Å². The molecule has 112 valence electrons. The van der Waals surface area contributed by atoms with Crippen LogP contribution >= 0.6 is 24.0 Å². The summed E-state index contributed by atoms with van der Waals surface area (Å²) in [6, 6.07) is 4.98. The van der Waals surface area contributed by atoms with Crippen LogP contribution in [0.15, 0.2) is 18.2 Å². The number of nitrogen functional groups attached to an aromatic ring is 1. The molecule has 1 aromatic carbocycles. The topological polar surface area (TPSA) is 55.6 Å². The first kappa shape index (κ1) is 17.1. The average molecular weight is 319 g/mol. The lowest BCUT2D eigenvalue weighted by molar-refractivity contribution is -0.00155. The molecule has 2 unspecified atom stereocenters. The van der Waals surface area contributed by atoms with Gasteiger partial charge in [-0.2, -0.15) is 0 Å².